The number of aromatic carboxylic acids is 1. The summed E-state index contributed by atoms with van der Waals surface area (Å²) in [5.41, 5.74) is 0.337. The Bertz CT molecular complexity index is 993. The molecule has 1 heterocycles. The first-order chi connectivity index (χ1) is 11.9. The number of halogens is 2. The van der Waals surface area contributed by atoms with Crippen molar-refractivity contribution in [2.75, 3.05) is 11.9 Å². The van der Waals surface area contributed by atoms with Gasteiger partial charge in [-0.15, -0.1) is 0 Å². The minimum Gasteiger partial charge on any atom is -0.478 e. The summed E-state index contributed by atoms with van der Waals surface area (Å²) in [6.45, 7) is 0. The quantitative estimate of drug-likeness (QED) is 0.749. The van der Waals surface area contributed by atoms with E-state index in [0.29, 0.717) is 26.5 Å². The van der Waals surface area contributed by atoms with Crippen LogP contribution < -0.4 is 4.90 Å². The van der Waals surface area contributed by atoms with Gasteiger partial charge in [0.15, 0.2) is 0 Å². The van der Waals surface area contributed by atoms with Crippen molar-refractivity contribution in [2.24, 2.45) is 0 Å². The molecule has 25 heavy (non-hydrogen) atoms. The van der Waals surface area contributed by atoms with E-state index in [2.05, 4.69) is 9.97 Å². The Balaban J connectivity index is 2.23. The molecular weight excluding hydrogens is 365 g/mol. The van der Waals surface area contributed by atoms with Crippen LogP contribution in [0.15, 0.2) is 42.7 Å². The van der Waals surface area contributed by atoms with Crippen molar-refractivity contribution < 1.29 is 14.7 Å². The number of carboxylic acids is 1. The third-order valence-corrected chi connectivity index (χ3v) is 4.13. The van der Waals surface area contributed by atoms with E-state index >= 15 is 0 Å². The highest BCUT2D eigenvalue weighted by Gasteiger charge is 2.21. The van der Waals surface area contributed by atoms with Crippen LogP contribution in [0.2, 0.25) is 10.0 Å². The molecule has 0 aliphatic heterocycles. The largest absolute Gasteiger partial charge is 0.478 e. The molecule has 0 spiro atoms. The van der Waals surface area contributed by atoms with Gasteiger partial charge in [0, 0.05) is 29.9 Å². The first kappa shape index (κ1) is 17.1. The van der Waals surface area contributed by atoms with E-state index in [9.17, 15) is 14.7 Å². The van der Waals surface area contributed by atoms with Crippen molar-refractivity contribution in [3.05, 3.63) is 64.2 Å². The highest BCUT2D eigenvalue weighted by molar-refractivity contribution is 6.40. The molecule has 126 valence electrons. The second-order valence-electron chi connectivity index (χ2n) is 5.22. The molecule has 0 aliphatic carbocycles. The van der Waals surface area contributed by atoms with E-state index in [-0.39, 0.29) is 11.4 Å². The maximum Gasteiger partial charge on any atom is 0.335 e. The molecule has 0 aliphatic rings. The summed E-state index contributed by atoms with van der Waals surface area (Å²) in [6.07, 6.45) is 2.90. The fourth-order valence-electron chi connectivity index (χ4n) is 2.46. The number of carbonyl (C=O) groups excluding carboxylic acids is 1. The number of nitrogens with zero attached hydrogens (tertiary/aromatic N) is 3. The van der Waals surface area contributed by atoms with Gasteiger partial charge in [0.2, 0.25) is 5.82 Å². The molecule has 3 rings (SSSR count). The number of hydrogen-bond donors (Lipinski definition) is 1. The Morgan fingerprint density at radius 1 is 1.08 bits per heavy atom. The smallest absolute Gasteiger partial charge is 0.335 e. The van der Waals surface area contributed by atoms with Crippen molar-refractivity contribution in [3.8, 4) is 0 Å². The predicted molar refractivity (Wildman–Crippen MR) is 95.7 cm³/mol. The summed E-state index contributed by atoms with van der Waals surface area (Å²) in [5, 5.41) is 11.1. The maximum atomic E-state index is 12.6. The van der Waals surface area contributed by atoms with Gasteiger partial charge >= 0.3 is 5.97 Å². The highest BCUT2D eigenvalue weighted by atomic mass is 35.5. The lowest BCUT2D eigenvalue weighted by Crippen LogP contribution is -2.28. The molecule has 0 unspecified atom stereocenters. The first-order valence-corrected chi connectivity index (χ1v) is 7.85. The predicted octanol–water partition coefficient (Wildman–Crippen LogP) is 3.91. The Hall–Kier alpha value is -2.70. The first-order valence-electron chi connectivity index (χ1n) is 7.09. The number of anilines is 1. The molecule has 0 bridgehead atoms. The summed E-state index contributed by atoms with van der Waals surface area (Å²) < 4.78 is 0. The van der Waals surface area contributed by atoms with Crippen LogP contribution in [0.25, 0.3) is 10.8 Å². The van der Waals surface area contributed by atoms with Crippen molar-refractivity contribution in [3.63, 3.8) is 0 Å². The number of hydrogen-bond acceptors (Lipinski definition) is 4. The van der Waals surface area contributed by atoms with Crippen LogP contribution in [0.5, 0.6) is 0 Å². The van der Waals surface area contributed by atoms with E-state index in [4.69, 9.17) is 23.2 Å². The molecule has 1 N–H and O–H groups in total. The SMILES string of the molecule is CN(C(=O)c1ncccn1)c1cc(C(=O)O)cc2cc(Cl)cc(Cl)c12. The molecule has 3 aromatic rings. The van der Waals surface area contributed by atoms with Crippen LogP contribution in [0.4, 0.5) is 5.69 Å². The molecule has 0 radical (unpaired) electrons. The van der Waals surface area contributed by atoms with Crippen LogP contribution in [0.3, 0.4) is 0 Å². The zero-order valence-electron chi connectivity index (χ0n) is 12.9. The van der Waals surface area contributed by atoms with Gasteiger partial charge in [0.05, 0.1) is 16.3 Å². The van der Waals surface area contributed by atoms with Gasteiger partial charge < -0.3 is 10.0 Å². The molecule has 1 aromatic heterocycles. The van der Waals surface area contributed by atoms with E-state index in [1.807, 2.05) is 0 Å². The molecule has 0 atom stereocenters. The Labute approximate surface area is 152 Å². The summed E-state index contributed by atoms with van der Waals surface area (Å²) in [6, 6.07) is 7.56. The Morgan fingerprint density at radius 2 is 1.76 bits per heavy atom. The lowest BCUT2D eigenvalue weighted by Gasteiger charge is -2.20. The van der Waals surface area contributed by atoms with Gasteiger partial charge in [-0.1, -0.05) is 23.2 Å². The fourth-order valence-corrected chi connectivity index (χ4v) is 3.07. The molecular formula is C17H11Cl2N3O3. The van der Waals surface area contributed by atoms with E-state index in [0.717, 1.165) is 0 Å². The van der Waals surface area contributed by atoms with E-state index in [1.165, 1.54) is 42.5 Å². The van der Waals surface area contributed by atoms with Crippen molar-refractivity contribution >= 4 is 51.5 Å². The lowest BCUT2D eigenvalue weighted by atomic mass is 10.0. The minimum absolute atomic E-state index is 0.00876. The van der Waals surface area contributed by atoms with Crippen molar-refractivity contribution in [1.29, 1.82) is 0 Å². The van der Waals surface area contributed by atoms with Gasteiger partial charge in [-0.05, 0) is 35.7 Å². The summed E-state index contributed by atoms with van der Waals surface area (Å²) >= 11 is 12.3. The zero-order chi connectivity index (χ0) is 18.1. The average Bonchev–Trinajstić information content (AvgIpc) is 2.59. The third-order valence-electron chi connectivity index (χ3n) is 3.61. The maximum absolute atomic E-state index is 12.6. The summed E-state index contributed by atoms with van der Waals surface area (Å²) in [4.78, 5) is 33.2. The minimum atomic E-state index is -1.13. The number of carboxylic acid groups (broad SMARTS) is 1. The summed E-state index contributed by atoms with van der Waals surface area (Å²) in [7, 11) is 1.50. The number of carbonyl (C=O) groups is 2. The molecule has 8 heteroatoms. The topological polar surface area (TPSA) is 83.4 Å². The number of aromatic nitrogens is 2. The monoisotopic (exact) mass is 375 g/mol. The van der Waals surface area contributed by atoms with Crippen LogP contribution in [-0.2, 0) is 0 Å². The zero-order valence-corrected chi connectivity index (χ0v) is 14.4. The van der Waals surface area contributed by atoms with Crippen LogP contribution in [0, 0.1) is 0 Å². The Kier molecular flexibility index (Phi) is 4.57. The molecule has 0 saturated carbocycles. The highest BCUT2D eigenvalue weighted by Crippen LogP contribution is 2.36. The van der Waals surface area contributed by atoms with Gasteiger partial charge in [-0.25, -0.2) is 14.8 Å². The summed E-state index contributed by atoms with van der Waals surface area (Å²) in [5.74, 6) is -1.63. The van der Waals surface area contributed by atoms with Gasteiger partial charge in [0.25, 0.3) is 5.91 Å². The number of rotatable bonds is 3. The second kappa shape index (κ2) is 6.66. The van der Waals surface area contributed by atoms with Gasteiger partial charge in [0.1, 0.15) is 0 Å². The Morgan fingerprint density at radius 3 is 2.40 bits per heavy atom. The normalized spacial score (nSPS) is 10.7. The van der Waals surface area contributed by atoms with Crippen LogP contribution in [-0.4, -0.2) is 34.0 Å². The molecule has 0 fully saturated rings. The lowest BCUT2D eigenvalue weighted by molar-refractivity contribution is 0.0696. The van der Waals surface area contributed by atoms with Crippen LogP contribution >= 0.6 is 23.2 Å². The standard InChI is InChI=1S/C17H11Cl2N3O3/c1-22(16(23)15-20-3-2-4-21-15)13-7-10(17(24)25)5-9-6-11(18)8-12(19)14(9)13/h2-8H,1H3,(H,24,25). The van der Waals surface area contributed by atoms with E-state index in [1.54, 1.807) is 12.1 Å². The molecule has 0 saturated heterocycles. The average molecular weight is 376 g/mol. The molecule has 6 nitrogen and oxygen atoms in total. The number of fused-ring (bicyclic) bond motifs is 1. The number of benzene rings is 2. The molecule has 1 amide bonds. The van der Waals surface area contributed by atoms with Gasteiger partial charge in [-0.3, -0.25) is 4.79 Å². The van der Waals surface area contributed by atoms with Crippen molar-refractivity contribution in [1.82, 2.24) is 9.97 Å². The second-order valence-corrected chi connectivity index (χ2v) is 6.07. The third kappa shape index (κ3) is 3.26. The molecule has 2 aromatic carbocycles. The number of amides is 1. The van der Waals surface area contributed by atoms with Crippen molar-refractivity contribution in [2.45, 2.75) is 0 Å². The van der Waals surface area contributed by atoms with Crippen LogP contribution in [0.1, 0.15) is 21.0 Å². The van der Waals surface area contributed by atoms with Gasteiger partial charge in [-0.2, -0.15) is 0 Å². The fraction of sp³-hybridized carbons (Fsp3) is 0.0588. The van der Waals surface area contributed by atoms with E-state index < -0.39 is 11.9 Å².